The molecule has 0 amide bonds. The summed E-state index contributed by atoms with van der Waals surface area (Å²) in [7, 11) is 1.96. The summed E-state index contributed by atoms with van der Waals surface area (Å²) in [5, 5.41) is 13.7. The molecule has 0 aliphatic heterocycles. The summed E-state index contributed by atoms with van der Waals surface area (Å²) in [6.45, 7) is 7.21. The molecule has 4 aliphatic rings. The van der Waals surface area contributed by atoms with Gasteiger partial charge in [0.05, 0.1) is 11.9 Å². The molecule has 1 aromatic heterocycles. The van der Waals surface area contributed by atoms with E-state index in [-0.39, 0.29) is 5.41 Å². The molecule has 158 valence electrons. The topological polar surface area (TPSA) is 42.5 Å². The van der Waals surface area contributed by atoms with Crippen LogP contribution in [0.15, 0.2) is 16.4 Å². The molecule has 4 aliphatic carbocycles. The van der Waals surface area contributed by atoms with Gasteiger partial charge in [-0.15, -0.1) is 0 Å². The summed E-state index contributed by atoms with van der Waals surface area (Å²) in [6, 6.07) is 0. The quantitative estimate of drug-likeness (QED) is 0.452. The summed E-state index contributed by atoms with van der Waals surface area (Å²) in [6.07, 6.45) is 18.0. The smallest absolute Gasteiger partial charge is 0.0682 e. The Morgan fingerprint density at radius 1 is 1.07 bits per heavy atom. The Labute approximate surface area is 176 Å². The van der Waals surface area contributed by atoms with E-state index in [1.165, 1.54) is 63.5 Å². The minimum Gasteiger partial charge on any atom is -0.275 e. The molecular weight excluding hydrogens is 356 g/mol. The van der Waals surface area contributed by atoms with Crippen LogP contribution >= 0.6 is 0 Å². The van der Waals surface area contributed by atoms with Gasteiger partial charge in [0, 0.05) is 29.9 Å². The summed E-state index contributed by atoms with van der Waals surface area (Å²) in [5.41, 5.74) is 4.36. The van der Waals surface area contributed by atoms with E-state index < -0.39 is 0 Å². The lowest BCUT2D eigenvalue weighted by molar-refractivity contribution is -0.0936. The van der Waals surface area contributed by atoms with Crippen LogP contribution in [0.2, 0.25) is 0 Å². The highest BCUT2D eigenvalue weighted by Crippen LogP contribution is 2.65. The van der Waals surface area contributed by atoms with Crippen molar-refractivity contribution in [3.8, 4) is 0 Å². The fraction of sp³-hybridized carbons (Fsp3) is 0.800. The lowest BCUT2D eigenvalue weighted by atomic mass is 9.45. The second kappa shape index (κ2) is 7.06. The second-order valence-corrected chi connectivity index (χ2v) is 11.0. The van der Waals surface area contributed by atoms with Crippen molar-refractivity contribution in [3.63, 3.8) is 0 Å². The SMILES string of the molecule is Cc1nn(C)cc1/C=N\N=C1/CC[C@H]2[C@@H]3CC[C@@H]4CCCC[C@]4(C)[C@H]3CC[C@]12C. The molecule has 6 atom stereocenters. The van der Waals surface area contributed by atoms with Crippen LogP contribution in [0.25, 0.3) is 0 Å². The number of aromatic nitrogens is 2. The summed E-state index contributed by atoms with van der Waals surface area (Å²) < 4.78 is 1.85. The largest absolute Gasteiger partial charge is 0.275 e. The monoisotopic (exact) mass is 394 g/mol. The Bertz CT molecular complexity index is 836. The van der Waals surface area contributed by atoms with Crippen LogP contribution in [0.1, 0.15) is 89.3 Å². The van der Waals surface area contributed by atoms with Crippen molar-refractivity contribution in [1.29, 1.82) is 0 Å². The average Bonchev–Trinajstić information content (AvgIpc) is 3.19. The van der Waals surface area contributed by atoms with Gasteiger partial charge < -0.3 is 0 Å². The molecule has 0 bridgehead atoms. The maximum absolute atomic E-state index is 4.81. The first-order valence-electron chi connectivity index (χ1n) is 12.0. The minimum absolute atomic E-state index is 0.278. The van der Waals surface area contributed by atoms with Gasteiger partial charge in [-0.1, -0.05) is 26.7 Å². The average molecular weight is 395 g/mol. The highest BCUT2D eigenvalue weighted by atomic mass is 15.3. The molecule has 4 fully saturated rings. The summed E-state index contributed by atoms with van der Waals surface area (Å²) in [5.74, 6) is 3.71. The van der Waals surface area contributed by atoms with E-state index in [0.29, 0.717) is 5.41 Å². The predicted octanol–water partition coefficient (Wildman–Crippen LogP) is 5.94. The van der Waals surface area contributed by atoms with Gasteiger partial charge in [0.25, 0.3) is 0 Å². The van der Waals surface area contributed by atoms with E-state index in [9.17, 15) is 0 Å². The van der Waals surface area contributed by atoms with Gasteiger partial charge in [0.15, 0.2) is 0 Å². The maximum Gasteiger partial charge on any atom is 0.0682 e. The molecule has 0 unspecified atom stereocenters. The number of hydrogen-bond acceptors (Lipinski definition) is 3. The van der Waals surface area contributed by atoms with Gasteiger partial charge in [-0.2, -0.15) is 15.3 Å². The lowest BCUT2D eigenvalue weighted by Crippen LogP contribution is -2.52. The van der Waals surface area contributed by atoms with E-state index in [1.54, 1.807) is 0 Å². The molecule has 29 heavy (non-hydrogen) atoms. The lowest BCUT2D eigenvalue weighted by Gasteiger charge is -2.59. The van der Waals surface area contributed by atoms with Crippen LogP contribution in [0.5, 0.6) is 0 Å². The molecule has 1 heterocycles. The molecule has 1 aromatic rings. The first-order valence-corrected chi connectivity index (χ1v) is 12.0. The van der Waals surface area contributed by atoms with E-state index in [0.717, 1.165) is 41.3 Å². The highest BCUT2D eigenvalue weighted by Gasteiger charge is 2.58. The van der Waals surface area contributed by atoms with Crippen LogP contribution in [-0.2, 0) is 7.05 Å². The van der Waals surface area contributed by atoms with Crippen molar-refractivity contribution >= 4 is 11.9 Å². The van der Waals surface area contributed by atoms with Gasteiger partial charge in [-0.05, 0) is 87.4 Å². The number of aryl methyl sites for hydroxylation is 2. The zero-order valence-corrected chi connectivity index (χ0v) is 18.8. The van der Waals surface area contributed by atoms with E-state index in [2.05, 4.69) is 24.0 Å². The second-order valence-electron chi connectivity index (χ2n) is 11.0. The van der Waals surface area contributed by atoms with Crippen molar-refractivity contribution in [2.75, 3.05) is 0 Å². The molecule has 4 nitrogen and oxygen atoms in total. The van der Waals surface area contributed by atoms with Crippen LogP contribution in [0.3, 0.4) is 0 Å². The molecule has 0 spiro atoms. The van der Waals surface area contributed by atoms with Gasteiger partial charge >= 0.3 is 0 Å². The molecule has 0 N–H and O–H groups in total. The van der Waals surface area contributed by atoms with Gasteiger partial charge in [-0.25, -0.2) is 0 Å². The Morgan fingerprint density at radius 2 is 1.93 bits per heavy atom. The zero-order valence-electron chi connectivity index (χ0n) is 18.8. The van der Waals surface area contributed by atoms with Gasteiger partial charge in [0.2, 0.25) is 0 Å². The molecule has 5 rings (SSSR count). The molecule has 0 saturated heterocycles. The minimum atomic E-state index is 0.278. The zero-order chi connectivity index (χ0) is 20.2. The molecular formula is C25H38N4. The fourth-order valence-corrected chi connectivity index (χ4v) is 8.15. The first-order chi connectivity index (χ1) is 13.9. The van der Waals surface area contributed by atoms with Crippen molar-refractivity contribution in [2.45, 2.75) is 85.0 Å². The van der Waals surface area contributed by atoms with Crippen LogP contribution in [0.4, 0.5) is 0 Å². The van der Waals surface area contributed by atoms with Crippen molar-refractivity contribution in [3.05, 3.63) is 17.5 Å². The Hall–Kier alpha value is -1.45. The Balaban J connectivity index is 1.37. The number of fused-ring (bicyclic) bond motifs is 5. The number of nitrogens with zero attached hydrogens (tertiary/aromatic N) is 4. The number of rotatable bonds is 2. The highest BCUT2D eigenvalue weighted by molar-refractivity contribution is 5.93. The normalized spacial score (nSPS) is 43.4. The van der Waals surface area contributed by atoms with Crippen LogP contribution < -0.4 is 0 Å². The Kier molecular flexibility index (Phi) is 4.75. The molecule has 4 heteroatoms. The third-order valence-corrected chi connectivity index (χ3v) is 9.75. The maximum atomic E-state index is 4.81. The predicted molar refractivity (Wildman–Crippen MR) is 119 cm³/mol. The number of hydrogen-bond donors (Lipinski definition) is 0. The molecule has 0 aromatic carbocycles. The Morgan fingerprint density at radius 3 is 2.72 bits per heavy atom. The van der Waals surface area contributed by atoms with Crippen molar-refractivity contribution in [1.82, 2.24) is 9.78 Å². The van der Waals surface area contributed by atoms with E-state index in [4.69, 9.17) is 5.10 Å². The van der Waals surface area contributed by atoms with Gasteiger partial charge in [0.1, 0.15) is 0 Å². The standard InChI is InChI=1S/C25H38N4/c1-17-18(16-29(4)28-17)15-26-27-23-11-10-21-20-9-8-19-7-5-6-13-24(19,2)22(20)12-14-25(21,23)3/h15-16,19-22H,5-14H2,1-4H3/b26-15-,27-23+/t19-,20-,21-,22-,24-,25-/m0/s1. The molecule has 0 radical (unpaired) electrons. The van der Waals surface area contributed by atoms with E-state index in [1.807, 2.05) is 31.1 Å². The molecule has 4 saturated carbocycles. The van der Waals surface area contributed by atoms with Gasteiger partial charge in [-0.3, -0.25) is 4.68 Å². The summed E-state index contributed by atoms with van der Waals surface area (Å²) >= 11 is 0. The van der Waals surface area contributed by atoms with E-state index >= 15 is 0 Å². The van der Waals surface area contributed by atoms with Crippen LogP contribution in [-0.4, -0.2) is 21.7 Å². The summed E-state index contributed by atoms with van der Waals surface area (Å²) in [4.78, 5) is 0. The fourth-order valence-electron chi connectivity index (χ4n) is 8.15. The third kappa shape index (κ3) is 3.04. The third-order valence-electron chi connectivity index (χ3n) is 9.75. The van der Waals surface area contributed by atoms with Crippen molar-refractivity contribution in [2.24, 2.45) is 51.8 Å². The van der Waals surface area contributed by atoms with Crippen molar-refractivity contribution < 1.29 is 0 Å². The first kappa shape index (κ1) is 19.5. The van der Waals surface area contributed by atoms with Crippen LogP contribution in [0, 0.1) is 41.4 Å².